The quantitative estimate of drug-likeness (QED) is 0.732. The molecule has 8 heteroatoms. The van der Waals surface area contributed by atoms with Gasteiger partial charge in [0.2, 0.25) is 0 Å². The minimum Gasteiger partial charge on any atom is -0.481 e. The molecule has 118 valence electrons. The molecule has 2 rings (SSSR count). The van der Waals surface area contributed by atoms with Gasteiger partial charge in [0.15, 0.2) is 5.03 Å². The number of carboxylic acids is 1. The molecule has 3 N–H and O–H groups in total. The molecule has 1 aliphatic carbocycles. The average Bonchev–Trinajstić information content (AvgIpc) is 2.96. The summed E-state index contributed by atoms with van der Waals surface area (Å²) in [7, 11) is -3.75. The van der Waals surface area contributed by atoms with Crippen LogP contribution in [0.25, 0.3) is 0 Å². The first-order chi connectivity index (χ1) is 9.89. The lowest BCUT2D eigenvalue weighted by atomic mass is 9.74. The van der Waals surface area contributed by atoms with Crippen LogP contribution in [-0.2, 0) is 21.2 Å². The van der Waals surface area contributed by atoms with Crippen LogP contribution < -0.4 is 4.72 Å². The van der Waals surface area contributed by atoms with Gasteiger partial charge in [-0.05, 0) is 12.8 Å². The van der Waals surface area contributed by atoms with Crippen LogP contribution in [0.1, 0.15) is 44.9 Å². The van der Waals surface area contributed by atoms with Crippen molar-refractivity contribution in [3.05, 3.63) is 12.0 Å². The van der Waals surface area contributed by atoms with E-state index in [4.69, 9.17) is 0 Å². The highest BCUT2D eigenvalue weighted by molar-refractivity contribution is 7.89. The molecule has 1 fully saturated rings. The normalized spacial score (nSPS) is 18.5. The van der Waals surface area contributed by atoms with E-state index in [0.29, 0.717) is 25.1 Å². The predicted molar refractivity (Wildman–Crippen MR) is 76.3 cm³/mol. The SMILES string of the molecule is CCc1ncc(S(=O)(=O)NCC2(C(=O)O)CCCCC2)[nH]1. The van der Waals surface area contributed by atoms with Crippen LogP contribution in [0, 0.1) is 5.41 Å². The van der Waals surface area contributed by atoms with Gasteiger partial charge in [0.1, 0.15) is 5.82 Å². The molecular weight excluding hydrogens is 294 g/mol. The largest absolute Gasteiger partial charge is 0.481 e. The Hall–Kier alpha value is -1.41. The first-order valence-electron chi connectivity index (χ1n) is 7.16. The van der Waals surface area contributed by atoms with Crippen molar-refractivity contribution in [2.75, 3.05) is 6.54 Å². The zero-order chi connectivity index (χ0) is 15.5. The number of rotatable bonds is 6. The molecule has 0 aliphatic heterocycles. The van der Waals surface area contributed by atoms with Crippen molar-refractivity contribution in [1.82, 2.24) is 14.7 Å². The third-order valence-electron chi connectivity index (χ3n) is 4.09. The van der Waals surface area contributed by atoms with Gasteiger partial charge in [0, 0.05) is 13.0 Å². The number of aromatic amines is 1. The lowest BCUT2D eigenvalue weighted by molar-refractivity contribution is -0.150. The highest BCUT2D eigenvalue weighted by Crippen LogP contribution is 2.36. The van der Waals surface area contributed by atoms with Gasteiger partial charge in [-0.25, -0.2) is 18.1 Å². The summed E-state index contributed by atoms with van der Waals surface area (Å²) in [5.41, 5.74) is -0.987. The molecule has 1 aliphatic rings. The topological polar surface area (TPSA) is 112 Å². The summed E-state index contributed by atoms with van der Waals surface area (Å²) in [5.74, 6) is -0.343. The number of hydrogen-bond acceptors (Lipinski definition) is 4. The molecule has 21 heavy (non-hydrogen) atoms. The number of carbonyl (C=O) groups is 1. The Morgan fingerprint density at radius 1 is 1.43 bits per heavy atom. The van der Waals surface area contributed by atoms with E-state index in [1.54, 1.807) is 0 Å². The first kappa shape index (κ1) is 16.0. The van der Waals surface area contributed by atoms with Crippen molar-refractivity contribution in [1.29, 1.82) is 0 Å². The monoisotopic (exact) mass is 315 g/mol. The van der Waals surface area contributed by atoms with Crippen LogP contribution in [0.15, 0.2) is 11.2 Å². The second-order valence-corrected chi connectivity index (χ2v) is 7.25. The standard InChI is InChI=1S/C13H21N3O4S/c1-2-10-14-8-11(16-10)21(19,20)15-9-13(12(17)18)6-4-3-5-7-13/h8,15H,2-7,9H2,1H3,(H,14,16)(H,17,18). The van der Waals surface area contributed by atoms with Gasteiger partial charge >= 0.3 is 5.97 Å². The molecule has 1 aromatic rings. The molecule has 0 unspecified atom stereocenters. The molecule has 0 saturated heterocycles. The molecular formula is C13H21N3O4S. The van der Waals surface area contributed by atoms with Gasteiger partial charge < -0.3 is 10.1 Å². The molecule has 0 radical (unpaired) electrons. The van der Waals surface area contributed by atoms with Crippen LogP contribution >= 0.6 is 0 Å². The van der Waals surface area contributed by atoms with E-state index in [1.165, 1.54) is 6.20 Å². The molecule has 0 bridgehead atoms. The van der Waals surface area contributed by atoms with Crippen LogP contribution in [0.4, 0.5) is 0 Å². The molecule has 0 amide bonds. The van der Waals surface area contributed by atoms with Gasteiger partial charge in [-0.1, -0.05) is 26.2 Å². The number of hydrogen-bond donors (Lipinski definition) is 3. The van der Waals surface area contributed by atoms with E-state index < -0.39 is 21.4 Å². The third-order valence-corrected chi connectivity index (χ3v) is 5.41. The highest BCUT2D eigenvalue weighted by atomic mass is 32.2. The van der Waals surface area contributed by atoms with E-state index in [0.717, 1.165) is 19.3 Å². The minimum absolute atomic E-state index is 0.0179. The highest BCUT2D eigenvalue weighted by Gasteiger charge is 2.40. The van der Waals surface area contributed by atoms with Crippen LogP contribution in [0.5, 0.6) is 0 Å². The number of aromatic nitrogens is 2. The minimum atomic E-state index is -3.75. The Balaban J connectivity index is 2.11. The summed E-state index contributed by atoms with van der Waals surface area (Å²) in [6, 6.07) is 0. The van der Waals surface area contributed by atoms with E-state index in [9.17, 15) is 18.3 Å². The Bertz CT molecular complexity index is 603. The van der Waals surface area contributed by atoms with Gasteiger partial charge in [-0.15, -0.1) is 0 Å². The fraction of sp³-hybridized carbons (Fsp3) is 0.692. The number of nitrogens with one attached hydrogen (secondary N) is 2. The predicted octanol–water partition coefficient (Wildman–Crippen LogP) is 1.29. The van der Waals surface area contributed by atoms with E-state index in [2.05, 4.69) is 14.7 Å². The van der Waals surface area contributed by atoms with Gasteiger partial charge in [0.05, 0.1) is 11.6 Å². The van der Waals surface area contributed by atoms with E-state index >= 15 is 0 Å². The fourth-order valence-electron chi connectivity index (χ4n) is 2.67. The summed E-state index contributed by atoms with van der Waals surface area (Å²) < 4.78 is 26.8. The maximum absolute atomic E-state index is 12.2. The summed E-state index contributed by atoms with van der Waals surface area (Å²) in [6.45, 7) is 1.79. The second-order valence-electron chi connectivity index (χ2n) is 5.52. The Labute approximate surface area is 124 Å². The third kappa shape index (κ3) is 3.44. The van der Waals surface area contributed by atoms with E-state index in [1.807, 2.05) is 6.92 Å². The van der Waals surface area contributed by atoms with Gasteiger partial charge in [0.25, 0.3) is 10.0 Å². The van der Waals surface area contributed by atoms with Gasteiger partial charge in [-0.2, -0.15) is 0 Å². The van der Waals surface area contributed by atoms with Crippen molar-refractivity contribution in [2.45, 2.75) is 50.5 Å². The molecule has 0 spiro atoms. The molecule has 0 atom stereocenters. The lowest BCUT2D eigenvalue weighted by Gasteiger charge is -2.32. The smallest absolute Gasteiger partial charge is 0.310 e. The number of carboxylic acid groups (broad SMARTS) is 1. The molecule has 1 heterocycles. The maximum Gasteiger partial charge on any atom is 0.310 e. The Morgan fingerprint density at radius 2 is 2.10 bits per heavy atom. The van der Waals surface area contributed by atoms with Crippen LogP contribution in [0.3, 0.4) is 0 Å². The first-order valence-corrected chi connectivity index (χ1v) is 8.65. The van der Waals surface area contributed by atoms with Crippen molar-refractivity contribution in [3.8, 4) is 0 Å². The van der Waals surface area contributed by atoms with Crippen LogP contribution in [-0.4, -0.2) is 36.0 Å². The zero-order valence-corrected chi connectivity index (χ0v) is 12.9. The summed E-state index contributed by atoms with van der Waals surface area (Å²) >= 11 is 0. The van der Waals surface area contributed by atoms with Crippen molar-refractivity contribution in [2.24, 2.45) is 5.41 Å². The van der Waals surface area contributed by atoms with E-state index in [-0.39, 0.29) is 11.6 Å². The molecule has 1 saturated carbocycles. The summed E-state index contributed by atoms with van der Waals surface area (Å²) in [5, 5.41) is 9.43. The Morgan fingerprint density at radius 3 is 2.62 bits per heavy atom. The van der Waals surface area contributed by atoms with Gasteiger partial charge in [-0.3, -0.25) is 4.79 Å². The summed E-state index contributed by atoms with van der Waals surface area (Å²) in [4.78, 5) is 18.2. The Kier molecular flexibility index (Phi) is 4.67. The fourth-order valence-corrected chi connectivity index (χ4v) is 3.73. The van der Waals surface area contributed by atoms with Crippen molar-refractivity contribution < 1.29 is 18.3 Å². The number of sulfonamides is 1. The summed E-state index contributed by atoms with van der Waals surface area (Å²) in [6.07, 6.45) is 5.52. The number of aryl methyl sites for hydroxylation is 1. The maximum atomic E-state index is 12.2. The lowest BCUT2D eigenvalue weighted by Crippen LogP contribution is -2.44. The molecule has 7 nitrogen and oxygen atoms in total. The number of nitrogens with zero attached hydrogens (tertiary/aromatic N) is 1. The number of aliphatic carboxylic acids is 1. The van der Waals surface area contributed by atoms with Crippen LogP contribution in [0.2, 0.25) is 0 Å². The molecule has 0 aromatic carbocycles. The van der Waals surface area contributed by atoms with Crippen molar-refractivity contribution in [3.63, 3.8) is 0 Å². The zero-order valence-electron chi connectivity index (χ0n) is 12.1. The number of imidazole rings is 1. The molecule has 1 aromatic heterocycles. The van der Waals surface area contributed by atoms with Crippen molar-refractivity contribution >= 4 is 16.0 Å². The second kappa shape index (κ2) is 6.15. The number of H-pyrrole nitrogens is 1. The average molecular weight is 315 g/mol.